The van der Waals surface area contributed by atoms with E-state index in [-0.39, 0.29) is 5.92 Å². The van der Waals surface area contributed by atoms with Crippen LogP contribution >= 0.6 is 0 Å². The van der Waals surface area contributed by atoms with Gasteiger partial charge in [-0.25, -0.2) is 8.98 Å². The van der Waals surface area contributed by atoms with Crippen LogP contribution in [0.25, 0.3) is 0 Å². The number of cyclic esters (lactones) is 1. The maximum absolute atomic E-state index is 12.9. The minimum absolute atomic E-state index is 0.0945. The van der Waals surface area contributed by atoms with E-state index in [1.165, 1.54) is 24.2 Å². The van der Waals surface area contributed by atoms with Crippen LogP contribution in [-0.2, 0) is 19.0 Å². The lowest BCUT2D eigenvalue weighted by molar-refractivity contribution is -0.0884. The highest BCUT2D eigenvalue weighted by atomic mass is 32.2. The second kappa shape index (κ2) is 9.66. The standard InChI is InChI=1S/C22H34N2O5S/c1-18(2)17-22(29-30(3,26)27)20(19-11-6-4-7-12-19)28-21(25)24(22)16-10-15-23-13-8-5-9-14-23/h4,6-7,11-12,18,20H,5,8-10,13-17H2,1-3H3/t20-,22+/m1/s1. The molecule has 1 aromatic carbocycles. The third kappa shape index (κ3) is 5.53. The normalized spacial score (nSPS) is 25.7. The van der Waals surface area contributed by atoms with Gasteiger partial charge in [0.05, 0.1) is 6.26 Å². The van der Waals surface area contributed by atoms with Gasteiger partial charge in [0.25, 0.3) is 10.1 Å². The van der Waals surface area contributed by atoms with E-state index in [2.05, 4.69) is 4.90 Å². The van der Waals surface area contributed by atoms with Gasteiger partial charge in [0.1, 0.15) is 0 Å². The molecular weight excluding hydrogens is 404 g/mol. The van der Waals surface area contributed by atoms with Crippen LogP contribution in [0.1, 0.15) is 57.6 Å². The highest BCUT2D eigenvalue weighted by Gasteiger charge is 2.58. The molecule has 0 spiro atoms. The van der Waals surface area contributed by atoms with E-state index in [4.69, 9.17) is 8.92 Å². The van der Waals surface area contributed by atoms with Crippen LogP contribution in [0.3, 0.4) is 0 Å². The fraction of sp³-hybridized carbons (Fsp3) is 0.682. The molecule has 2 aliphatic rings. The number of rotatable bonds is 9. The lowest BCUT2D eigenvalue weighted by Crippen LogP contribution is -2.53. The Morgan fingerprint density at radius 1 is 1.13 bits per heavy atom. The summed E-state index contributed by atoms with van der Waals surface area (Å²) in [7, 11) is -3.84. The van der Waals surface area contributed by atoms with Gasteiger partial charge in [0.2, 0.25) is 5.72 Å². The van der Waals surface area contributed by atoms with E-state index in [1.54, 1.807) is 0 Å². The largest absolute Gasteiger partial charge is 0.436 e. The Kier molecular flexibility index (Phi) is 7.42. The molecule has 0 bridgehead atoms. The van der Waals surface area contributed by atoms with Crippen molar-refractivity contribution >= 4 is 16.2 Å². The fourth-order valence-electron chi connectivity index (χ4n) is 4.61. The summed E-state index contributed by atoms with van der Waals surface area (Å²) in [5.41, 5.74) is -0.657. The predicted molar refractivity (Wildman–Crippen MR) is 115 cm³/mol. The summed E-state index contributed by atoms with van der Waals surface area (Å²) in [5, 5.41) is 0. The van der Waals surface area contributed by atoms with E-state index in [1.807, 2.05) is 44.2 Å². The van der Waals surface area contributed by atoms with Crippen LogP contribution in [0.2, 0.25) is 0 Å². The zero-order valence-electron chi connectivity index (χ0n) is 18.2. The molecule has 7 nitrogen and oxygen atoms in total. The number of likely N-dealkylation sites (tertiary alicyclic amines) is 1. The predicted octanol–water partition coefficient (Wildman–Crippen LogP) is 3.77. The van der Waals surface area contributed by atoms with Gasteiger partial charge >= 0.3 is 6.09 Å². The van der Waals surface area contributed by atoms with Crippen LogP contribution in [0.15, 0.2) is 30.3 Å². The number of hydrogen-bond acceptors (Lipinski definition) is 6. The summed E-state index contributed by atoms with van der Waals surface area (Å²) in [6.07, 6.45) is 4.48. The van der Waals surface area contributed by atoms with Crippen molar-refractivity contribution in [2.45, 2.75) is 57.8 Å². The topological polar surface area (TPSA) is 76.2 Å². The molecule has 2 fully saturated rings. The lowest BCUT2D eigenvalue weighted by atomic mass is 9.90. The summed E-state index contributed by atoms with van der Waals surface area (Å²) >= 11 is 0. The Labute approximate surface area is 180 Å². The van der Waals surface area contributed by atoms with E-state index in [9.17, 15) is 13.2 Å². The number of hydrogen-bond donors (Lipinski definition) is 0. The average Bonchev–Trinajstić information content (AvgIpc) is 2.93. The molecular formula is C22H34N2O5S. The van der Waals surface area contributed by atoms with E-state index >= 15 is 0 Å². The molecule has 2 atom stereocenters. The van der Waals surface area contributed by atoms with E-state index in [0.29, 0.717) is 13.0 Å². The minimum atomic E-state index is -3.84. The quantitative estimate of drug-likeness (QED) is 0.546. The van der Waals surface area contributed by atoms with Crippen LogP contribution in [0.4, 0.5) is 4.79 Å². The van der Waals surface area contributed by atoms with Crippen molar-refractivity contribution in [1.29, 1.82) is 0 Å². The minimum Gasteiger partial charge on any atom is -0.436 e. The van der Waals surface area contributed by atoms with Gasteiger partial charge in [-0.1, -0.05) is 50.6 Å². The van der Waals surface area contributed by atoms with Gasteiger partial charge in [-0.2, -0.15) is 8.42 Å². The molecule has 2 aliphatic heterocycles. The SMILES string of the molecule is CC(C)C[C@]1(OS(C)(=O)=O)[C@@H](c2ccccc2)OC(=O)N1CCCN1CCCCC1. The summed E-state index contributed by atoms with van der Waals surface area (Å²) in [6, 6.07) is 9.26. The van der Waals surface area contributed by atoms with Crippen molar-refractivity contribution in [2.75, 3.05) is 32.4 Å². The highest BCUT2D eigenvalue weighted by molar-refractivity contribution is 7.86. The van der Waals surface area contributed by atoms with E-state index < -0.39 is 28.0 Å². The number of amides is 1. The highest BCUT2D eigenvalue weighted by Crippen LogP contribution is 2.47. The molecule has 168 valence electrons. The number of carbonyl (C=O) groups is 1. The van der Waals surface area contributed by atoms with Gasteiger partial charge in [0, 0.05) is 13.0 Å². The molecule has 2 saturated heterocycles. The molecule has 30 heavy (non-hydrogen) atoms. The molecule has 3 rings (SSSR count). The Hall–Kier alpha value is -1.64. The summed E-state index contributed by atoms with van der Waals surface area (Å²) in [6.45, 7) is 7.40. The van der Waals surface area contributed by atoms with Crippen LogP contribution in [0, 0.1) is 5.92 Å². The van der Waals surface area contributed by atoms with Crippen molar-refractivity contribution in [3.63, 3.8) is 0 Å². The molecule has 0 radical (unpaired) electrons. The fourth-order valence-corrected chi connectivity index (χ4v) is 5.38. The first-order valence-electron chi connectivity index (χ1n) is 10.9. The molecule has 0 N–H and O–H groups in total. The summed E-state index contributed by atoms with van der Waals surface area (Å²) in [4.78, 5) is 16.9. The van der Waals surface area contributed by atoms with Crippen LogP contribution in [-0.4, -0.2) is 62.5 Å². The molecule has 8 heteroatoms. The second-order valence-electron chi connectivity index (χ2n) is 8.81. The first-order chi connectivity index (χ1) is 14.2. The van der Waals surface area contributed by atoms with Crippen molar-refractivity contribution in [1.82, 2.24) is 9.80 Å². The summed E-state index contributed by atoms with van der Waals surface area (Å²) in [5.74, 6) is 0.0945. The third-order valence-electron chi connectivity index (χ3n) is 5.71. The lowest BCUT2D eigenvalue weighted by Gasteiger charge is -2.39. The van der Waals surface area contributed by atoms with Crippen molar-refractivity contribution < 1.29 is 22.1 Å². The zero-order chi connectivity index (χ0) is 21.8. The Bertz CT molecular complexity index is 808. The van der Waals surface area contributed by atoms with E-state index in [0.717, 1.165) is 37.9 Å². The number of carbonyl (C=O) groups excluding carboxylic acids is 1. The van der Waals surface area contributed by atoms with Gasteiger partial charge in [-0.3, -0.25) is 4.90 Å². The molecule has 2 heterocycles. The molecule has 0 aromatic heterocycles. The summed E-state index contributed by atoms with van der Waals surface area (Å²) < 4.78 is 36.1. The molecule has 0 aliphatic carbocycles. The first kappa shape index (κ1) is 23.0. The Morgan fingerprint density at radius 3 is 2.40 bits per heavy atom. The molecule has 1 amide bonds. The third-order valence-corrected chi connectivity index (χ3v) is 6.30. The number of piperidine rings is 1. The van der Waals surface area contributed by atoms with Gasteiger partial charge < -0.3 is 9.64 Å². The number of benzene rings is 1. The number of nitrogens with zero attached hydrogens (tertiary/aromatic N) is 2. The van der Waals surface area contributed by atoms with Crippen LogP contribution < -0.4 is 0 Å². The van der Waals surface area contributed by atoms with Crippen LogP contribution in [0.5, 0.6) is 0 Å². The van der Waals surface area contributed by atoms with Gasteiger partial charge in [-0.15, -0.1) is 0 Å². The van der Waals surface area contributed by atoms with Crippen molar-refractivity contribution in [3.05, 3.63) is 35.9 Å². The maximum atomic E-state index is 12.9. The second-order valence-corrected chi connectivity index (χ2v) is 10.4. The average molecular weight is 439 g/mol. The monoisotopic (exact) mass is 438 g/mol. The smallest absolute Gasteiger partial charge is 0.413 e. The first-order valence-corrected chi connectivity index (χ1v) is 12.7. The number of ether oxygens (including phenoxy) is 1. The molecule has 0 saturated carbocycles. The van der Waals surface area contributed by atoms with Gasteiger partial charge in [-0.05, 0) is 50.4 Å². The Balaban J connectivity index is 1.89. The molecule has 0 unspecified atom stereocenters. The maximum Gasteiger partial charge on any atom is 0.413 e. The van der Waals surface area contributed by atoms with Crippen molar-refractivity contribution in [2.24, 2.45) is 5.92 Å². The van der Waals surface area contributed by atoms with Crippen molar-refractivity contribution in [3.8, 4) is 0 Å². The molecule has 1 aromatic rings. The van der Waals surface area contributed by atoms with Gasteiger partial charge in [0.15, 0.2) is 6.10 Å². The zero-order valence-corrected chi connectivity index (χ0v) is 19.1. The Morgan fingerprint density at radius 2 is 1.80 bits per heavy atom.